The Morgan fingerprint density at radius 3 is 2.72 bits per heavy atom. The van der Waals surface area contributed by atoms with Gasteiger partial charge in [0.15, 0.2) is 0 Å². The second kappa shape index (κ2) is 6.47. The van der Waals surface area contributed by atoms with Crippen molar-refractivity contribution in [2.75, 3.05) is 6.61 Å². The van der Waals surface area contributed by atoms with E-state index in [0.717, 1.165) is 18.0 Å². The highest BCUT2D eigenvalue weighted by molar-refractivity contribution is 7.03. The summed E-state index contributed by atoms with van der Waals surface area (Å²) in [6.07, 6.45) is 0. The molecule has 4 nitrogen and oxygen atoms in total. The van der Waals surface area contributed by atoms with Crippen LogP contribution in [-0.2, 0) is 6.54 Å². The summed E-state index contributed by atoms with van der Waals surface area (Å²) in [5, 5.41) is 9.38. The molecule has 5 heteroatoms. The van der Waals surface area contributed by atoms with Crippen molar-refractivity contribution in [3.63, 3.8) is 0 Å². The van der Waals surface area contributed by atoms with Gasteiger partial charge in [-0.1, -0.05) is 16.6 Å². The van der Waals surface area contributed by atoms with Crippen molar-refractivity contribution in [3.8, 4) is 5.75 Å². The molecule has 0 aliphatic rings. The highest BCUT2D eigenvalue weighted by atomic mass is 32.1. The van der Waals surface area contributed by atoms with Gasteiger partial charge in [-0.25, -0.2) is 0 Å². The summed E-state index contributed by atoms with van der Waals surface area (Å²) >= 11 is 1.38. The smallest absolute Gasteiger partial charge is 0.119 e. The maximum absolute atomic E-state index is 5.42. The molecule has 1 N–H and O–H groups in total. The number of nitrogens with zero attached hydrogens (tertiary/aromatic N) is 2. The van der Waals surface area contributed by atoms with Crippen molar-refractivity contribution in [3.05, 3.63) is 40.9 Å². The molecule has 0 bridgehead atoms. The van der Waals surface area contributed by atoms with Gasteiger partial charge in [0, 0.05) is 18.0 Å². The third-order valence-corrected chi connectivity index (χ3v) is 3.24. The maximum Gasteiger partial charge on any atom is 0.119 e. The number of hydrogen-bond donors (Lipinski definition) is 1. The fourth-order valence-electron chi connectivity index (χ4n) is 1.66. The van der Waals surface area contributed by atoms with Crippen molar-refractivity contribution < 1.29 is 4.74 Å². The molecule has 2 rings (SSSR count). The van der Waals surface area contributed by atoms with E-state index in [1.54, 1.807) is 0 Å². The summed E-state index contributed by atoms with van der Waals surface area (Å²) < 4.78 is 9.26. The standard InChI is InChI=1S/C13H17N3OS/c1-3-17-13-6-4-11(5-7-13)10(2)14-8-12-9-18-16-15-12/h4-7,9-10,14H,3,8H2,1-2H3. The lowest BCUT2D eigenvalue weighted by Gasteiger charge is -2.13. The molecule has 1 aromatic carbocycles. The minimum absolute atomic E-state index is 0.280. The molecule has 1 unspecified atom stereocenters. The van der Waals surface area contributed by atoms with Crippen LogP contribution in [0.25, 0.3) is 0 Å². The fourth-order valence-corrected chi connectivity index (χ4v) is 2.11. The molecule has 1 heterocycles. The molecular formula is C13H17N3OS. The van der Waals surface area contributed by atoms with Gasteiger partial charge in [-0.15, -0.1) is 5.10 Å². The van der Waals surface area contributed by atoms with Gasteiger partial charge in [0.05, 0.1) is 12.3 Å². The van der Waals surface area contributed by atoms with Crippen molar-refractivity contribution >= 4 is 11.5 Å². The van der Waals surface area contributed by atoms with E-state index in [2.05, 4.69) is 34.0 Å². The van der Waals surface area contributed by atoms with Gasteiger partial charge in [0.25, 0.3) is 0 Å². The average molecular weight is 263 g/mol. The van der Waals surface area contributed by atoms with E-state index in [-0.39, 0.29) is 6.04 Å². The van der Waals surface area contributed by atoms with Crippen LogP contribution < -0.4 is 10.1 Å². The molecular weight excluding hydrogens is 246 g/mol. The summed E-state index contributed by atoms with van der Waals surface area (Å²) in [7, 11) is 0. The third-order valence-electron chi connectivity index (χ3n) is 2.69. The Bertz CT molecular complexity index is 456. The molecule has 18 heavy (non-hydrogen) atoms. The van der Waals surface area contributed by atoms with Crippen molar-refractivity contribution in [1.82, 2.24) is 14.9 Å². The molecule has 0 aliphatic carbocycles. The summed E-state index contributed by atoms with van der Waals surface area (Å²) in [5.41, 5.74) is 2.22. The molecule has 0 saturated heterocycles. The van der Waals surface area contributed by atoms with E-state index in [9.17, 15) is 0 Å². The topological polar surface area (TPSA) is 47.0 Å². The average Bonchev–Trinajstić information content (AvgIpc) is 2.90. The summed E-state index contributed by atoms with van der Waals surface area (Å²) in [5.74, 6) is 0.914. The van der Waals surface area contributed by atoms with E-state index >= 15 is 0 Å². The molecule has 0 spiro atoms. The quantitative estimate of drug-likeness (QED) is 0.870. The van der Waals surface area contributed by atoms with Crippen molar-refractivity contribution in [2.24, 2.45) is 0 Å². The van der Waals surface area contributed by atoms with Crippen LogP contribution in [0.5, 0.6) is 5.75 Å². The zero-order valence-corrected chi connectivity index (χ0v) is 11.4. The Kier molecular flexibility index (Phi) is 4.66. The molecule has 0 fully saturated rings. The van der Waals surface area contributed by atoms with E-state index in [1.165, 1.54) is 17.1 Å². The molecule has 2 aromatic rings. The first-order valence-corrected chi connectivity index (χ1v) is 6.85. The first-order valence-electron chi connectivity index (χ1n) is 6.01. The molecule has 96 valence electrons. The third kappa shape index (κ3) is 3.51. The number of hydrogen-bond acceptors (Lipinski definition) is 5. The molecule has 0 aliphatic heterocycles. The molecule has 1 aromatic heterocycles. The number of aromatic nitrogens is 2. The van der Waals surface area contributed by atoms with E-state index in [1.807, 2.05) is 24.4 Å². The lowest BCUT2D eigenvalue weighted by atomic mass is 10.1. The van der Waals surface area contributed by atoms with Crippen molar-refractivity contribution in [1.29, 1.82) is 0 Å². The van der Waals surface area contributed by atoms with Crippen LogP contribution in [-0.4, -0.2) is 16.2 Å². The molecule has 1 atom stereocenters. The summed E-state index contributed by atoms with van der Waals surface area (Å²) in [6.45, 7) is 5.56. The Hall–Kier alpha value is -1.46. The molecule has 0 amide bonds. The van der Waals surface area contributed by atoms with Crippen LogP contribution in [0.3, 0.4) is 0 Å². The van der Waals surface area contributed by atoms with Gasteiger partial charge < -0.3 is 10.1 Å². The van der Waals surface area contributed by atoms with Crippen LogP contribution >= 0.6 is 11.5 Å². The second-order valence-corrected chi connectivity index (χ2v) is 4.61. The lowest BCUT2D eigenvalue weighted by molar-refractivity contribution is 0.340. The highest BCUT2D eigenvalue weighted by Crippen LogP contribution is 2.17. The summed E-state index contributed by atoms with van der Waals surface area (Å²) in [4.78, 5) is 0. The Morgan fingerprint density at radius 1 is 1.33 bits per heavy atom. The number of nitrogens with one attached hydrogen (secondary N) is 1. The summed E-state index contributed by atoms with van der Waals surface area (Å²) in [6, 6.07) is 8.45. The van der Waals surface area contributed by atoms with Gasteiger partial charge in [-0.3, -0.25) is 0 Å². The van der Waals surface area contributed by atoms with Crippen molar-refractivity contribution in [2.45, 2.75) is 26.4 Å². The highest BCUT2D eigenvalue weighted by Gasteiger charge is 2.06. The Morgan fingerprint density at radius 2 is 2.11 bits per heavy atom. The van der Waals surface area contributed by atoms with Crippen LogP contribution in [0, 0.1) is 0 Å². The number of ether oxygens (including phenoxy) is 1. The van der Waals surface area contributed by atoms with E-state index < -0.39 is 0 Å². The monoisotopic (exact) mass is 263 g/mol. The van der Waals surface area contributed by atoms with Gasteiger partial charge in [0.2, 0.25) is 0 Å². The second-order valence-electron chi connectivity index (χ2n) is 4.00. The van der Waals surface area contributed by atoms with Gasteiger partial charge >= 0.3 is 0 Å². The van der Waals surface area contributed by atoms with Crippen LogP contribution in [0.2, 0.25) is 0 Å². The first kappa shape index (κ1) is 13.0. The van der Waals surface area contributed by atoms with Gasteiger partial charge in [-0.2, -0.15) is 0 Å². The largest absolute Gasteiger partial charge is 0.494 e. The predicted molar refractivity (Wildman–Crippen MR) is 72.8 cm³/mol. The molecule has 0 saturated carbocycles. The Labute approximate surface area is 111 Å². The normalized spacial score (nSPS) is 12.3. The van der Waals surface area contributed by atoms with Gasteiger partial charge in [-0.05, 0) is 43.1 Å². The van der Waals surface area contributed by atoms with E-state index in [0.29, 0.717) is 6.61 Å². The molecule has 0 radical (unpaired) electrons. The fraction of sp³-hybridized carbons (Fsp3) is 0.385. The Balaban J connectivity index is 1.89. The maximum atomic E-state index is 5.42. The SMILES string of the molecule is CCOc1ccc(C(C)NCc2csnn2)cc1. The number of benzene rings is 1. The van der Waals surface area contributed by atoms with Crippen LogP contribution in [0.1, 0.15) is 31.1 Å². The minimum Gasteiger partial charge on any atom is -0.494 e. The minimum atomic E-state index is 0.280. The van der Waals surface area contributed by atoms with Gasteiger partial charge in [0.1, 0.15) is 5.75 Å². The zero-order valence-electron chi connectivity index (χ0n) is 10.6. The van der Waals surface area contributed by atoms with Crippen LogP contribution in [0.15, 0.2) is 29.6 Å². The zero-order chi connectivity index (χ0) is 12.8. The van der Waals surface area contributed by atoms with Crippen LogP contribution in [0.4, 0.5) is 0 Å². The number of rotatable bonds is 6. The van der Waals surface area contributed by atoms with E-state index in [4.69, 9.17) is 4.74 Å². The lowest BCUT2D eigenvalue weighted by Crippen LogP contribution is -2.18. The first-order chi connectivity index (χ1) is 8.79. The predicted octanol–water partition coefficient (Wildman–Crippen LogP) is 2.79.